The first kappa shape index (κ1) is 6.26. The molecule has 0 nitrogen and oxygen atoms in total. The Balaban J connectivity index is 2.83. The molecule has 0 saturated carbocycles. The monoisotopic (exact) mass is 300 g/mol. The minimum atomic E-state index is -0.328. The van der Waals surface area contributed by atoms with Gasteiger partial charge in [-0.1, -0.05) is 0 Å². The molecule has 1 aromatic rings. The van der Waals surface area contributed by atoms with Gasteiger partial charge in [0.25, 0.3) is 0 Å². The van der Waals surface area contributed by atoms with Crippen molar-refractivity contribution in [3.63, 3.8) is 0 Å². The van der Waals surface area contributed by atoms with Crippen molar-refractivity contribution in [1.82, 2.24) is 0 Å². The van der Waals surface area contributed by atoms with Crippen molar-refractivity contribution in [2.75, 3.05) is 0 Å². The van der Waals surface area contributed by atoms with E-state index in [1.54, 1.807) is 3.12 Å². The normalized spacial score (nSPS) is 9.12. The molecular formula is C7H8Pb. The van der Waals surface area contributed by atoms with Crippen molar-refractivity contribution in [1.29, 1.82) is 0 Å². The third kappa shape index (κ3) is 1.58. The molecular weight excluding hydrogens is 291 g/mol. The van der Waals surface area contributed by atoms with E-state index in [1.807, 2.05) is 0 Å². The fourth-order valence-electron chi connectivity index (χ4n) is 0.605. The van der Waals surface area contributed by atoms with Gasteiger partial charge in [-0.25, -0.2) is 0 Å². The standard InChI is InChI=1S/C6H5.CH3.Pb/c1-2-4-6-5-3-1;;/h1-5H;1H3;. The number of benzene rings is 1. The van der Waals surface area contributed by atoms with Crippen LogP contribution in [0.25, 0.3) is 0 Å². The van der Waals surface area contributed by atoms with Crippen LogP contribution >= 0.6 is 0 Å². The van der Waals surface area contributed by atoms with E-state index in [-0.39, 0.29) is 24.2 Å². The van der Waals surface area contributed by atoms with Gasteiger partial charge in [0.2, 0.25) is 0 Å². The molecule has 0 spiro atoms. The molecule has 0 unspecified atom stereocenters. The number of hydrogen-bond donors (Lipinski definition) is 0. The Hall–Kier alpha value is 0.142. The summed E-state index contributed by atoms with van der Waals surface area (Å²) in [6.07, 6.45) is 0. The summed E-state index contributed by atoms with van der Waals surface area (Å²) in [6.45, 7) is 0. The predicted molar refractivity (Wildman–Crippen MR) is 37.7 cm³/mol. The molecule has 40 valence electrons. The minimum absolute atomic E-state index is 0.328. The van der Waals surface area contributed by atoms with Gasteiger partial charge in [-0.05, 0) is 0 Å². The molecule has 0 aliphatic carbocycles. The molecule has 8 heavy (non-hydrogen) atoms. The zero-order valence-electron chi connectivity index (χ0n) is 4.89. The second-order valence-corrected chi connectivity index (χ2v) is 5.80. The molecule has 1 rings (SSSR count). The van der Waals surface area contributed by atoms with Crippen LogP contribution in [-0.4, -0.2) is 24.2 Å². The topological polar surface area (TPSA) is 0 Å². The molecule has 0 heterocycles. The Morgan fingerprint density at radius 3 is 2.12 bits per heavy atom. The number of hydrogen-bond acceptors (Lipinski definition) is 0. The van der Waals surface area contributed by atoms with E-state index in [2.05, 4.69) is 34.8 Å². The average molecular weight is 299 g/mol. The van der Waals surface area contributed by atoms with E-state index >= 15 is 0 Å². The van der Waals surface area contributed by atoms with Crippen LogP contribution in [0, 0.1) is 0 Å². The van der Waals surface area contributed by atoms with Crippen LogP contribution in [0.4, 0.5) is 0 Å². The fourth-order valence-corrected chi connectivity index (χ4v) is 2.65. The molecule has 0 aromatic heterocycles. The summed E-state index contributed by atoms with van der Waals surface area (Å²) in [7, 11) is 0. The van der Waals surface area contributed by atoms with Gasteiger partial charge >= 0.3 is 62.2 Å². The van der Waals surface area contributed by atoms with Crippen molar-refractivity contribution in [2.45, 2.75) is 4.48 Å². The molecule has 1 aromatic carbocycles. The van der Waals surface area contributed by atoms with Crippen molar-refractivity contribution in [2.24, 2.45) is 0 Å². The van der Waals surface area contributed by atoms with E-state index in [0.29, 0.717) is 0 Å². The fraction of sp³-hybridized carbons (Fsp3) is 0.143. The van der Waals surface area contributed by atoms with Crippen molar-refractivity contribution < 1.29 is 0 Å². The molecule has 0 amide bonds. The summed E-state index contributed by atoms with van der Waals surface area (Å²) in [5, 5.41) is 0. The molecule has 0 atom stereocenters. The van der Waals surface area contributed by atoms with Crippen molar-refractivity contribution >= 4 is 27.4 Å². The molecule has 0 aliphatic heterocycles. The van der Waals surface area contributed by atoms with E-state index in [1.165, 1.54) is 0 Å². The maximum atomic E-state index is 2.36. The van der Waals surface area contributed by atoms with Gasteiger partial charge in [-0.2, -0.15) is 0 Å². The predicted octanol–water partition coefficient (Wildman–Crippen LogP) is 1.06. The van der Waals surface area contributed by atoms with Crippen molar-refractivity contribution in [3.8, 4) is 0 Å². The first-order valence-corrected chi connectivity index (χ1v) is 8.49. The second kappa shape index (κ2) is 3.22. The van der Waals surface area contributed by atoms with Gasteiger partial charge in [0.15, 0.2) is 0 Å². The van der Waals surface area contributed by atoms with Crippen LogP contribution in [0.2, 0.25) is 4.48 Å². The Bertz CT molecular complexity index is 146. The van der Waals surface area contributed by atoms with Gasteiger partial charge in [-0.3, -0.25) is 0 Å². The molecule has 0 bridgehead atoms. The first-order valence-electron chi connectivity index (χ1n) is 2.66. The van der Waals surface area contributed by atoms with E-state index < -0.39 is 0 Å². The molecule has 2 radical (unpaired) electrons. The van der Waals surface area contributed by atoms with Crippen LogP contribution in [-0.2, 0) is 0 Å². The summed E-state index contributed by atoms with van der Waals surface area (Å²) in [5.74, 6) is 0. The molecule has 0 N–H and O–H groups in total. The quantitative estimate of drug-likeness (QED) is 0.681. The van der Waals surface area contributed by atoms with Crippen LogP contribution in [0.5, 0.6) is 0 Å². The molecule has 1 heteroatoms. The van der Waals surface area contributed by atoms with Crippen LogP contribution < -0.4 is 3.12 Å². The Morgan fingerprint density at radius 1 is 1.12 bits per heavy atom. The van der Waals surface area contributed by atoms with Gasteiger partial charge in [0.1, 0.15) is 0 Å². The first-order chi connectivity index (χ1) is 3.93. The molecule has 0 aliphatic rings. The van der Waals surface area contributed by atoms with Crippen LogP contribution in [0.15, 0.2) is 30.3 Å². The maximum absolute atomic E-state index is 2.36. The van der Waals surface area contributed by atoms with E-state index in [9.17, 15) is 0 Å². The zero-order valence-corrected chi connectivity index (χ0v) is 8.77. The summed E-state index contributed by atoms with van der Waals surface area (Å²) in [4.78, 5) is 0. The van der Waals surface area contributed by atoms with Crippen LogP contribution in [0.1, 0.15) is 0 Å². The zero-order chi connectivity index (χ0) is 5.82. The van der Waals surface area contributed by atoms with Gasteiger partial charge < -0.3 is 0 Å². The average Bonchev–Trinajstić information content (AvgIpc) is 1.90. The van der Waals surface area contributed by atoms with Gasteiger partial charge in [-0.15, -0.1) is 0 Å². The van der Waals surface area contributed by atoms with Gasteiger partial charge in [0, 0.05) is 0 Å². The second-order valence-electron chi connectivity index (χ2n) is 1.62. The Morgan fingerprint density at radius 2 is 1.75 bits per heavy atom. The Kier molecular flexibility index (Phi) is 2.52. The summed E-state index contributed by atoms with van der Waals surface area (Å²) < 4.78 is 3.96. The molecule has 0 saturated heterocycles. The molecule has 0 fully saturated rings. The Labute approximate surface area is 62.1 Å². The third-order valence-electron chi connectivity index (χ3n) is 1.06. The summed E-state index contributed by atoms with van der Waals surface area (Å²) in [5.41, 5.74) is 0. The van der Waals surface area contributed by atoms with E-state index in [0.717, 1.165) is 0 Å². The van der Waals surface area contributed by atoms with Crippen molar-refractivity contribution in [3.05, 3.63) is 30.3 Å². The van der Waals surface area contributed by atoms with Crippen LogP contribution in [0.3, 0.4) is 0 Å². The van der Waals surface area contributed by atoms with Gasteiger partial charge in [0.05, 0.1) is 0 Å². The summed E-state index contributed by atoms with van der Waals surface area (Å²) in [6, 6.07) is 10.8. The summed E-state index contributed by atoms with van der Waals surface area (Å²) >= 11 is -0.328. The van der Waals surface area contributed by atoms with E-state index in [4.69, 9.17) is 0 Å². The SMILES string of the molecule is [CH3][Pb][c]1ccccc1. The number of rotatable bonds is 1. The third-order valence-corrected chi connectivity index (χ3v) is 4.60.